The minimum atomic E-state index is -3.85. The van der Waals surface area contributed by atoms with E-state index < -0.39 is 22.0 Å². The van der Waals surface area contributed by atoms with Crippen molar-refractivity contribution in [2.45, 2.75) is 56.1 Å². The van der Waals surface area contributed by atoms with Crippen LogP contribution in [-0.2, 0) is 19.6 Å². The molecule has 0 radical (unpaired) electrons. The molecule has 0 unspecified atom stereocenters. The van der Waals surface area contributed by atoms with Crippen molar-refractivity contribution in [3.63, 3.8) is 0 Å². The van der Waals surface area contributed by atoms with Gasteiger partial charge in [-0.1, -0.05) is 72.7 Å². The third-order valence-electron chi connectivity index (χ3n) is 6.88. The van der Waals surface area contributed by atoms with Crippen molar-refractivity contribution < 1.29 is 17.9 Å². The number of aryl methyl sites for hydroxylation is 1. The van der Waals surface area contributed by atoms with E-state index in [1.807, 2.05) is 49.4 Å². The minimum absolute atomic E-state index is 0.0990. The lowest BCUT2D eigenvalue weighted by molar-refractivity contribution is -0.146. The molecule has 1 fully saturated rings. The van der Waals surface area contributed by atoms with E-state index in [1.165, 1.54) is 4.31 Å². The van der Waals surface area contributed by atoms with Gasteiger partial charge >= 0.3 is 5.97 Å². The molecule has 0 amide bonds. The fraction of sp³-hybridized carbons (Fsp3) is 0.321. The second-order valence-corrected chi connectivity index (χ2v) is 11.1. The van der Waals surface area contributed by atoms with E-state index in [-0.39, 0.29) is 17.5 Å². The van der Waals surface area contributed by atoms with Crippen molar-refractivity contribution in [1.29, 1.82) is 0 Å². The maximum Gasteiger partial charge on any atom is 0.336 e. The van der Waals surface area contributed by atoms with Gasteiger partial charge in [-0.2, -0.15) is 4.31 Å². The van der Waals surface area contributed by atoms with Gasteiger partial charge in [0.1, 0.15) is 6.10 Å². The molecular weight excluding hydrogens is 446 g/mol. The van der Waals surface area contributed by atoms with E-state index in [9.17, 15) is 13.2 Å². The predicted octanol–water partition coefficient (Wildman–Crippen LogP) is 5.70. The first-order chi connectivity index (χ1) is 16.4. The van der Waals surface area contributed by atoms with Crippen LogP contribution in [0.15, 0.2) is 83.3 Å². The Bertz CT molecular complexity index is 1330. The Morgan fingerprint density at radius 2 is 1.62 bits per heavy atom. The molecule has 0 spiro atoms. The van der Waals surface area contributed by atoms with Crippen molar-refractivity contribution in [2.75, 3.05) is 6.54 Å². The molecule has 0 N–H and O–H groups in total. The number of benzene rings is 3. The molecule has 0 saturated heterocycles. The Morgan fingerprint density at radius 1 is 0.912 bits per heavy atom. The molecule has 1 atom stereocenters. The molecule has 2 aliphatic rings. The summed E-state index contributed by atoms with van der Waals surface area (Å²) < 4.78 is 34.8. The maximum absolute atomic E-state index is 13.8. The van der Waals surface area contributed by atoms with Crippen molar-refractivity contribution >= 4 is 26.8 Å². The zero-order valence-corrected chi connectivity index (χ0v) is 20.1. The number of rotatable bonds is 5. The first-order valence-electron chi connectivity index (χ1n) is 11.9. The summed E-state index contributed by atoms with van der Waals surface area (Å²) in [5, 5.41) is 1.93. The van der Waals surface area contributed by atoms with Crippen LogP contribution in [0.3, 0.4) is 0 Å². The molecule has 176 valence electrons. The van der Waals surface area contributed by atoms with E-state index in [1.54, 1.807) is 30.3 Å². The van der Waals surface area contributed by atoms with E-state index in [2.05, 4.69) is 0 Å². The van der Waals surface area contributed by atoms with E-state index >= 15 is 0 Å². The van der Waals surface area contributed by atoms with Gasteiger partial charge in [-0.3, -0.25) is 0 Å². The van der Waals surface area contributed by atoms with Crippen LogP contribution in [0.5, 0.6) is 0 Å². The quantitative estimate of drug-likeness (QED) is 0.444. The van der Waals surface area contributed by atoms with Gasteiger partial charge in [0.2, 0.25) is 10.0 Å². The zero-order chi connectivity index (χ0) is 23.7. The van der Waals surface area contributed by atoms with Gasteiger partial charge < -0.3 is 4.74 Å². The number of sulfonamides is 1. The number of fused-ring (bicyclic) bond motifs is 1. The second kappa shape index (κ2) is 9.35. The second-order valence-electron chi connectivity index (χ2n) is 9.18. The van der Waals surface area contributed by atoms with Crippen LogP contribution in [0.4, 0.5) is 0 Å². The number of hydrogen-bond donors (Lipinski definition) is 0. The van der Waals surface area contributed by atoms with Crippen LogP contribution in [0.2, 0.25) is 0 Å². The number of carbonyl (C=O) groups is 1. The molecule has 1 aliphatic carbocycles. The highest BCUT2D eigenvalue weighted by Gasteiger charge is 2.42. The summed E-state index contributed by atoms with van der Waals surface area (Å²) in [6, 6.07) is 19.8. The lowest BCUT2D eigenvalue weighted by Crippen LogP contribution is -2.34. The minimum Gasteiger partial charge on any atom is -0.459 e. The average molecular weight is 476 g/mol. The highest BCUT2D eigenvalue weighted by Crippen LogP contribution is 2.41. The molecule has 6 heteroatoms. The predicted molar refractivity (Wildman–Crippen MR) is 133 cm³/mol. The highest BCUT2D eigenvalue weighted by atomic mass is 32.2. The normalized spacial score (nSPS) is 19.8. The topological polar surface area (TPSA) is 63.7 Å². The molecule has 1 saturated carbocycles. The van der Waals surface area contributed by atoms with Crippen LogP contribution in [0.1, 0.15) is 49.3 Å². The van der Waals surface area contributed by atoms with Crippen LogP contribution in [0.25, 0.3) is 10.8 Å². The maximum atomic E-state index is 13.8. The summed E-state index contributed by atoms with van der Waals surface area (Å²) in [5.41, 5.74) is 2.18. The SMILES string of the molecule is Cc1ccc(S(=O)(=O)N2CC=C(C(=O)OC3CCCCC3)[C@H]2c2cccc3ccccc23)cc1. The Balaban J connectivity index is 1.57. The van der Waals surface area contributed by atoms with E-state index in [4.69, 9.17) is 4.74 Å². The number of hydrogen-bond acceptors (Lipinski definition) is 4. The van der Waals surface area contributed by atoms with Gasteiger partial charge in [0, 0.05) is 6.54 Å². The summed E-state index contributed by atoms with van der Waals surface area (Å²) in [4.78, 5) is 13.6. The molecular formula is C28H29NO4S. The van der Waals surface area contributed by atoms with Crippen LogP contribution in [-0.4, -0.2) is 31.3 Å². The van der Waals surface area contributed by atoms with Crippen molar-refractivity contribution in [3.8, 4) is 0 Å². The van der Waals surface area contributed by atoms with Crippen molar-refractivity contribution in [1.82, 2.24) is 4.31 Å². The lowest BCUT2D eigenvalue weighted by Gasteiger charge is -2.29. The van der Waals surface area contributed by atoms with Crippen molar-refractivity contribution in [2.24, 2.45) is 0 Å². The van der Waals surface area contributed by atoms with Gasteiger partial charge in [0.05, 0.1) is 16.5 Å². The van der Waals surface area contributed by atoms with Gasteiger partial charge in [0.15, 0.2) is 0 Å². The summed E-state index contributed by atoms with van der Waals surface area (Å²) in [6.07, 6.45) is 6.63. The molecule has 3 aromatic carbocycles. The summed E-state index contributed by atoms with van der Waals surface area (Å²) in [7, 11) is -3.85. The fourth-order valence-corrected chi connectivity index (χ4v) is 6.58. The lowest BCUT2D eigenvalue weighted by atomic mass is 9.94. The summed E-state index contributed by atoms with van der Waals surface area (Å²) >= 11 is 0. The molecule has 0 bridgehead atoms. The number of carbonyl (C=O) groups excluding carboxylic acids is 1. The zero-order valence-electron chi connectivity index (χ0n) is 19.3. The number of esters is 1. The number of nitrogens with zero attached hydrogens (tertiary/aromatic N) is 1. The van der Waals surface area contributed by atoms with Crippen LogP contribution < -0.4 is 0 Å². The molecule has 3 aromatic rings. The third-order valence-corrected chi connectivity index (χ3v) is 8.73. The van der Waals surface area contributed by atoms with Gasteiger partial charge in [-0.25, -0.2) is 13.2 Å². The molecule has 0 aromatic heterocycles. The van der Waals surface area contributed by atoms with Crippen LogP contribution in [0, 0.1) is 6.92 Å². The molecule has 34 heavy (non-hydrogen) atoms. The van der Waals surface area contributed by atoms with Gasteiger partial charge in [-0.15, -0.1) is 0 Å². The number of ether oxygens (including phenoxy) is 1. The van der Waals surface area contributed by atoms with Gasteiger partial charge in [0.25, 0.3) is 0 Å². The first-order valence-corrected chi connectivity index (χ1v) is 13.4. The van der Waals surface area contributed by atoms with Crippen molar-refractivity contribution in [3.05, 3.63) is 89.5 Å². The molecule has 1 aliphatic heterocycles. The van der Waals surface area contributed by atoms with Crippen LogP contribution >= 0.6 is 0 Å². The van der Waals surface area contributed by atoms with Gasteiger partial charge in [-0.05, 0) is 61.1 Å². The monoisotopic (exact) mass is 475 g/mol. The Morgan fingerprint density at radius 3 is 2.38 bits per heavy atom. The molecule has 5 rings (SSSR count). The van der Waals surface area contributed by atoms with E-state index in [0.29, 0.717) is 5.57 Å². The summed E-state index contributed by atoms with van der Waals surface area (Å²) in [5.74, 6) is -0.411. The third kappa shape index (κ3) is 4.28. The smallest absolute Gasteiger partial charge is 0.336 e. The average Bonchev–Trinajstić information content (AvgIpc) is 3.31. The fourth-order valence-electron chi connectivity index (χ4n) is 5.05. The standard InChI is InChI=1S/C28H29NO4S/c1-20-14-16-23(17-15-20)34(31,32)29-19-18-26(28(30)33-22-10-3-2-4-11-22)27(29)25-13-7-9-21-8-5-6-12-24(21)25/h5-9,12-18,22,27H,2-4,10-11,19H2,1H3/t27-/m1/s1. The molecule has 5 nitrogen and oxygen atoms in total. The Hall–Kier alpha value is -2.96. The van der Waals surface area contributed by atoms with E-state index in [0.717, 1.165) is 54.0 Å². The largest absolute Gasteiger partial charge is 0.459 e. The first kappa shape index (κ1) is 22.8. The summed E-state index contributed by atoms with van der Waals surface area (Å²) in [6.45, 7) is 2.05. The Labute approximate surface area is 201 Å². The highest BCUT2D eigenvalue weighted by molar-refractivity contribution is 7.89. The molecule has 1 heterocycles. The Kier molecular flexibility index (Phi) is 6.28.